The van der Waals surface area contributed by atoms with Crippen LogP contribution in [0.1, 0.15) is 43.2 Å². The lowest BCUT2D eigenvalue weighted by Crippen LogP contribution is -2.46. The maximum Gasteiger partial charge on any atom is 0.344 e. The fraction of sp³-hybridized carbons (Fsp3) is 0.526. The molecule has 1 aromatic carbocycles. The highest BCUT2D eigenvalue weighted by molar-refractivity contribution is 5.95. The number of rotatable bonds is 6. The minimum atomic E-state index is -0.673. The summed E-state index contributed by atoms with van der Waals surface area (Å²) < 4.78 is 10.2. The number of nitrogens with one attached hydrogen (secondary N) is 2. The van der Waals surface area contributed by atoms with Crippen LogP contribution in [0.2, 0.25) is 0 Å². The van der Waals surface area contributed by atoms with Crippen LogP contribution in [0, 0.1) is 13.8 Å². The van der Waals surface area contributed by atoms with Gasteiger partial charge in [-0.15, -0.1) is 0 Å². The first-order valence-electron chi connectivity index (χ1n) is 8.90. The molecule has 2 rings (SSSR count). The number of aryl methyl sites for hydroxylation is 2. The van der Waals surface area contributed by atoms with Gasteiger partial charge in [0.15, 0.2) is 13.2 Å². The van der Waals surface area contributed by atoms with Gasteiger partial charge in [-0.1, -0.05) is 37.0 Å². The zero-order valence-corrected chi connectivity index (χ0v) is 15.3. The normalized spacial score (nSPS) is 14.4. The van der Waals surface area contributed by atoms with Gasteiger partial charge in [0.1, 0.15) is 5.75 Å². The fourth-order valence-electron chi connectivity index (χ4n) is 2.92. The quantitative estimate of drug-likeness (QED) is 0.758. The molecule has 7 heteroatoms. The van der Waals surface area contributed by atoms with E-state index in [-0.39, 0.29) is 12.6 Å². The molecule has 1 aromatic rings. The van der Waals surface area contributed by atoms with Crippen molar-refractivity contribution in [2.45, 2.75) is 52.0 Å². The van der Waals surface area contributed by atoms with Crippen molar-refractivity contribution in [1.29, 1.82) is 0 Å². The number of esters is 1. The zero-order valence-electron chi connectivity index (χ0n) is 15.3. The fourth-order valence-corrected chi connectivity index (χ4v) is 2.92. The average Bonchev–Trinajstić information content (AvgIpc) is 2.60. The second kappa shape index (κ2) is 9.79. The molecule has 0 spiro atoms. The summed E-state index contributed by atoms with van der Waals surface area (Å²) in [6, 6.07) is 5.15. The van der Waals surface area contributed by atoms with Crippen molar-refractivity contribution < 1.29 is 23.9 Å². The summed E-state index contributed by atoms with van der Waals surface area (Å²) in [5.41, 5.74) is 2.01. The van der Waals surface area contributed by atoms with E-state index in [4.69, 9.17) is 9.47 Å². The molecule has 1 aliphatic carbocycles. The summed E-state index contributed by atoms with van der Waals surface area (Å²) in [4.78, 5) is 35.1. The standard InChI is InChI=1S/C19H26N2O5/c1-13-8-9-16(14(2)10-13)25-12-18(23)26-11-17(22)21-19(24)20-15-6-4-3-5-7-15/h8-10,15H,3-7,11-12H2,1-2H3,(H2,20,21,22,24). The van der Waals surface area contributed by atoms with Gasteiger partial charge in [-0.2, -0.15) is 0 Å². The molecule has 26 heavy (non-hydrogen) atoms. The molecular weight excluding hydrogens is 336 g/mol. The smallest absolute Gasteiger partial charge is 0.344 e. The molecule has 1 fully saturated rings. The summed E-state index contributed by atoms with van der Waals surface area (Å²) in [6.07, 6.45) is 5.19. The zero-order chi connectivity index (χ0) is 18.9. The molecule has 0 atom stereocenters. The predicted molar refractivity (Wildman–Crippen MR) is 95.9 cm³/mol. The van der Waals surface area contributed by atoms with Crippen LogP contribution in [0.3, 0.4) is 0 Å². The van der Waals surface area contributed by atoms with E-state index in [9.17, 15) is 14.4 Å². The Morgan fingerprint density at radius 3 is 2.50 bits per heavy atom. The van der Waals surface area contributed by atoms with Crippen molar-refractivity contribution in [2.75, 3.05) is 13.2 Å². The van der Waals surface area contributed by atoms with Gasteiger partial charge in [-0.25, -0.2) is 9.59 Å². The van der Waals surface area contributed by atoms with Crippen molar-refractivity contribution >= 4 is 17.9 Å². The van der Waals surface area contributed by atoms with Gasteiger partial charge in [0.05, 0.1) is 0 Å². The lowest BCUT2D eigenvalue weighted by atomic mass is 9.96. The van der Waals surface area contributed by atoms with Crippen LogP contribution in [-0.2, 0) is 14.3 Å². The minimum absolute atomic E-state index is 0.102. The number of benzene rings is 1. The van der Waals surface area contributed by atoms with Gasteiger partial charge < -0.3 is 14.8 Å². The van der Waals surface area contributed by atoms with Crippen molar-refractivity contribution in [3.05, 3.63) is 29.3 Å². The van der Waals surface area contributed by atoms with Crippen molar-refractivity contribution in [1.82, 2.24) is 10.6 Å². The highest BCUT2D eigenvalue weighted by Gasteiger charge is 2.17. The van der Waals surface area contributed by atoms with E-state index in [1.807, 2.05) is 26.0 Å². The molecule has 3 amide bonds. The third kappa shape index (κ3) is 6.74. The number of hydrogen-bond acceptors (Lipinski definition) is 5. The van der Waals surface area contributed by atoms with Crippen LogP contribution in [-0.4, -0.2) is 37.2 Å². The molecule has 142 valence electrons. The number of imide groups is 1. The van der Waals surface area contributed by atoms with Gasteiger partial charge in [-0.3, -0.25) is 10.1 Å². The van der Waals surface area contributed by atoms with E-state index in [1.54, 1.807) is 6.07 Å². The van der Waals surface area contributed by atoms with Crippen LogP contribution in [0.15, 0.2) is 18.2 Å². The van der Waals surface area contributed by atoms with Gasteiger partial charge in [0, 0.05) is 6.04 Å². The molecule has 1 aliphatic rings. The molecule has 0 radical (unpaired) electrons. The Morgan fingerprint density at radius 1 is 1.08 bits per heavy atom. The Labute approximate surface area is 153 Å². The molecular formula is C19H26N2O5. The van der Waals surface area contributed by atoms with Gasteiger partial charge in [0.2, 0.25) is 0 Å². The molecule has 7 nitrogen and oxygen atoms in total. The molecule has 0 bridgehead atoms. The summed E-state index contributed by atoms with van der Waals surface area (Å²) in [5, 5.41) is 4.92. The average molecular weight is 362 g/mol. The van der Waals surface area contributed by atoms with Crippen molar-refractivity contribution in [3.63, 3.8) is 0 Å². The first kappa shape index (κ1) is 19.8. The number of carbonyl (C=O) groups is 3. The minimum Gasteiger partial charge on any atom is -0.482 e. The molecule has 0 aliphatic heterocycles. The van der Waals surface area contributed by atoms with Crippen LogP contribution in [0.5, 0.6) is 5.75 Å². The van der Waals surface area contributed by atoms with E-state index < -0.39 is 24.5 Å². The molecule has 0 unspecified atom stereocenters. The Kier molecular flexibility index (Phi) is 7.44. The Bertz CT molecular complexity index is 653. The second-order valence-corrected chi connectivity index (χ2v) is 6.57. The summed E-state index contributed by atoms with van der Waals surface area (Å²) >= 11 is 0. The van der Waals surface area contributed by atoms with Crippen LogP contribution >= 0.6 is 0 Å². The third-order valence-corrected chi connectivity index (χ3v) is 4.23. The molecule has 0 heterocycles. The predicted octanol–water partition coefficient (Wildman–Crippen LogP) is 2.38. The Hall–Kier alpha value is -2.57. The monoisotopic (exact) mass is 362 g/mol. The first-order chi connectivity index (χ1) is 12.4. The number of urea groups is 1. The SMILES string of the molecule is Cc1ccc(OCC(=O)OCC(=O)NC(=O)NC2CCCCC2)c(C)c1. The second-order valence-electron chi connectivity index (χ2n) is 6.57. The number of carbonyl (C=O) groups excluding carboxylic acids is 3. The van der Waals surface area contributed by atoms with E-state index in [2.05, 4.69) is 10.6 Å². The highest BCUT2D eigenvalue weighted by Crippen LogP contribution is 2.18. The number of amides is 3. The summed E-state index contributed by atoms with van der Waals surface area (Å²) in [7, 11) is 0. The third-order valence-electron chi connectivity index (χ3n) is 4.23. The van der Waals surface area contributed by atoms with E-state index in [0.29, 0.717) is 5.75 Å². The van der Waals surface area contributed by atoms with Crippen LogP contribution < -0.4 is 15.4 Å². The molecule has 0 saturated heterocycles. The maximum absolute atomic E-state index is 11.7. The van der Waals surface area contributed by atoms with Gasteiger partial charge in [-0.05, 0) is 38.3 Å². The lowest BCUT2D eigenvalue weighted by molar-refractivity contribution is -0.150. The maximum atomic E-state index is 11.7. The number of ether oxygens (including phenoxy) is 2. The molecule has 1 saturated carbocycles. The van der Waals surface area contributed by atoms with Crippen LogP contribution in [0.25, 0.3) is 0 Å². The van der Waals surface area contributed by atoms with E-state index in [0.717, 1.165) is 36.8 Å². The van der Waals surface area contributed by atoms with Crippen molar-refractivity contribution in [3.8, 4) is 5.75 Å². The summed E-state index contributed by atoms with van der Waals surface area (Å²) in [6.45, 7) is 3.03. The van der Waals surface area contributed by atoms with Gasteiger partial charge >= 0.3 is 12.0 Å². The van der Waals surface area contributed by atoms with Gasteiger partial charge in [0.25, 0.3) is 5.91 Å². The summed E-state index contributed by atoms with van der Waals surface area (Å²) in [5.74, 6) is -0.755. The number of hydrogen-bond donors (Lipinski definition) is 2. The Morgan fingerprint density at radius 2 is 1.81 bits per heavy atom. The topological polar surface area (TPSA) is 93.7 Å². The van der Waals surface area contributed by atoms with Crippen LogP contribution in [0.4, 0.5) is 4.79 Å². The van der Waals surface area contributed by atoms with Crippen molar-refractivity contribution in [2.24, 2.45) is 0 Å². The largest absolute Gasteiger partial charge is 0.482 e. The van der Waals surface area contributed by atoms with E-state index >= 15 is 0 Å². The Balaban J connectivity index is 1.64. The highest BCUT2D eigenvalue weighted by atomic mass is 16.6. The molecule has 0 aromatic heterocycles. The first-order valence-corrected chi connectivity index (χ1v) is 8.90. The molecule has 2 N–H and O–H groups in total. The van der Waals surface area contributed by atoms with E-state index in [1.165, 1.54) is 6.42 Å². The lowest BCUT2D eigenvalue weighted by Gasteiger charge is -2.22.